The highest BCUT2D eigenvalue weighted by molar-refractivity contribution is 9.11. The molecule has 0 aromatic carbocycles. The van der Waals surface area contributed by atoms with E-state index in [1.54, 1.807) is 11.3 Å². The molecule has 0 aliphatic heterocycles. The summed E-state index contributed by atoms with van der Waals surface area (Å²) in [6.45, 7) is 2.74. The number of halogens is 1. The molecule has 1 heterocycles. The minimum Gasteiger partial charge on any atom is -0.351 e. The summed E-state index contributed by atoms with van der Waals surface area (Å²) in [6.07, 6.45) is 4.45. The van der Waals surface area contributed by atoms with Gasteiger partial charge in [0, 0.05) is 10.3 Å². The first-order valence-electron chi connectivity index (χ1n) is 5.63. The molecule has 0 atom stereocenters. The van der Waals surface area contributed by atoms with Crippen LogP contribution in [0.15, 0.2) is 15.9 Å². The number of thiophene rings is 1. The molecular weight excluding hydrogens is 286 g/mol. The Morgan fingerprint density at radius 3 is 2.75 bits per heavy atom. The predicted octanol–water partition coefficient (Wildman–Crippen LogP) is 3.71. The van der Waals surface area contributed by atoms with Crippen molar-refractivity contribution in [3.63, 3.8) is 0 Å². The maximum atomic E-state index is 12.0. The summed E-state index contributed by atoms with van der Waals surface area (Å²) in [4.78, 5) is 13.2. The van der Waals surface area contributed by atoms with Crippen molar-refractivity contribution in [2.75, 3.05) is 0 Å². The van der Waals surface area contributed by atoms with Gasteiger partial charge in [-0.15, -0.1) is 11.3 Å². The van der Waals surface area contributed by atoms with Crippen LogP contribution in [-0.4, -0.2) is 5.91 Å². The van der Waals surface area contributed by atoms with Gasteiger partial charge in [0.1, 0.15) is 0 Å². The average Bonchev–Trinajstić information content (AvgIpc) is 2.85. The fourth-order valence-electron chi connectivity index (χ4n) is 2.21. The molecule has 2 nitrogen and oxygen atoms in total. The second-order valence-corrected chi connectivity index (χ2v) is 7.20. The highest BCUT2D eigenvalue weighted by Gasteiger charge is 2.35. The molecule has 1 N–H and O–H groups in total. The maximum Gasteiger partial charge on any atom is 0.226 e. The van der Waals surface area contributed by atoms with E-state index in [2.05, 4.69) is 28.2 Å². The zero-order chi connectivity index (χ0) is 11.6. The van der Waals surface area contributed by atoms with Gasteiger partial charge in [-0.2, -0.15) is 0 Å². The van der Waals surface area contributed by atoms with E-state index in [0.717, 1.165) is 16.6 Å². The van der Waals surface area contributed by atoms with E-state index in [9.17, 15) is 4.79 Å². The topological polar surface area (TPSA) is 29.1 Å². The lowest BCUT2D eigenvalue weighted by atomic mass is 9.88. The largest absolute Gasteiger partial charge is 0.351 e. The lowest BCUT2D eigenvalue weighted by Crippen LogP contribution is -2.36. The summed E-state index contributed by atoms with van der Waals surface area (Å²) in [7, 11) is 0. The molecule has 0 saturated heterocycles. The van der Waals surface area contributed by atoms with Gasteiger partial charge in [0.15, 0.2) is 0 Å². The van der Waals surface area contributed by atoms with E-state index in [1.165, 1.54) is 17.7 Å². The van der Waals surface area contributed by atoms with Crippen LogP contribution in [0, 0.1) is 5.41 Å². The van der Waals surface area contributed by atoms with Crippen molar-refractivity contribution in [3.05, 3.63) is 20.8 Å². The van der Waals surface area contributed by atoms with Crippen LogP contribution in [0.2, 0.25) is 0 Å². The molecule has 88 valence electrons. The highest BCUT2D eigenvalue weighted by Crippen LogP contribution is 2.37. The Morgan fingerprint density at radius 1 is 1.50 bits per heavy atom. The molecule has 2 rings (SSSR count). The van der Waals surface area contributed by atoms with Crippen molar-refractivity contribution in [1.29, 1.82) is 0 Å². The van der Waals surface area contributed by atoms with Crippen LogP contribution >= 0.6 is 27.3 Å². The normalized spacial score (nSPS) is 18.6. The minimum absolute atomic E-state index is 0.117. The third kappa shape index (κ3) is 2.66. The van der Waals surface area contributed by atoms with Crippen LogP contribution in [-0.2, 0) is 11.3 Å². The molecular formula is C12H16BrNOS. The molecule has 0 spiro atoms. The van der Waals surface area contributed by atoms with E-state index < -0.39 is 0 Å². The van der Waals surface area contributed by atoms with E-state index in [4.69, 9.17) is 0 Å². The van der Waals surface area contributed by atoms with Gasteiger partial charge in [0.2, 0.25) is 5.91 Å². The molecule has 1 saturated carbocycles. The highest BCUT2D eigenvalue weighted by atomic mass is 79.9. The standard InChI is InChI=1S/C12H16BrNOS/c1-12(6-2-3-7-12)11(15)14-8-9-4-5-10(13)16-9/h4-5H,2-3,6-8H2,1H3,(H,14,15). The molecule has 0 radical (unpaired) electrons. The number of nitrogens with one attached hydrogen (secondary N) is 1. The molecule has 1 amide bonds. The van der Waals surface area contributed by atoms with Gasteiger partial charge in [-0.1, -0.05) is 19.8 Å². The molecule has 1 aromatic heterocycles. The second-order valence-electron chi connectivity index (χ2n) is 4.66. The molecule has 1 fully saturated rings. The maximum absolute atomic E-state index is 12.0. The Kier molecular flexibility index (Phi) is 3.70. The van der Waals surface area contributed by atoms with Gasteiger partial charge in [-0.05, 0) is 40.9 Å². The van der Waals surface area contributed by atoms with Crippen molar-refractivity contribution < 1.29 is 4.79 Å². The van der Waals surface area contributed by atoms with E-state index in [1.807, 2.05) is 12.1 Å². The Bertz CT molecular complexity index is 382. The Hall–Kier alpha value is -0.350. The number of hydrogen-bond donors (Lipinski definition) is 1. The monoisotopic (exact) mass is 301 g/mol. The summed E-state index contributed by atoms with van der Waals surface area (Å²) in [5, 5.41) is 3.05. The molecule has 1 aromatic rings. The van der Waals surface area contributed by atoms with Gasteiger partial charge in [0.05, 0.1) is 10.3 Å². The molecule has 1 aliphatic rings. The Morgan fingerprint density at radius 2 is 2.19 bits per heavy atom. The van der Waals surface area contributed by atoms with Gasteiger partial charge in [0.25, 0.3) is 0 Å². The zero-order valence-electron chi connectivity index (χ0n) is 9.38. The fourth-order valence-corrected chi connectivity index (χ4v) is 3.63. The van der Waals surface area contributed by atoms with Crippen LogP contribution in [0.5, 0.6) is 0 Å². The first-order chi connectivity index (χ1) is 7.60. The van der Waals surface area contributed by atoms with E-state index in [-0.39, 0.29) is 11.3 Å². The zero-order valence-corrected chi connectivity index (χ0v) is 11.8. The van der Waals surface area contributed by atoms with Crippen LogP contribution in [0.1, 0.15) is 37.5 Å². The van der Waals surface area contributed by atoms with Crippen molar-refractivity contribution in [2.45, 2.75) is 39.2 Å². The second kappa shape index (κ2) is 4.88. The lowest BCUT2D eigenvalue weighted by molar-refractivity contribution is -0.130. The number of amides is 1. The van der Waals surface area contributed by atoms with Crippen LogP contribution < -0.4 is 5.32 Å². The van der Waals surface area contributed by atoms with Crippen molar-refractivity contribution in [1.82, 2.24) is 5.32 Å². The van der Waals surface area contributed by atoms with Gasteiger partial charge in [-0.3, -0.25) is 4.79 Å². The lowest BCUT2D eigenvalue weighted by Gasteiger charge is -2.21. The van der Waals surface area contributed by atoms with Crippen molar-refractivity contribution in [3.8, 4) is 0 Å². The third-order valence-corrected chi connectivity index (χ3v) is 4.93. The molecule has 0 unspecified atom stereocenters. The van der Waals surface area contributed by atoms with E-state index in [0.29, 0.717) is 6.54 Å². The molecule has 16 heavy (non-hydrogen) atoms. The smallest absolute Gasteiger partial charge is 0.226 e. The summed E-state index contributed by atoms with van der Waals surface area (Å²) in [5.74, 6) is 0.217. The molecule has 4 heteroatoms. The first kappa shape index (κ1) is 12.1. The van der Waals surface area contributed by atoms with Gasteiger partial charge >= 0.3 is 0 Å². The van der Waals surface area contributed by atoms with Crippen LogP contribution in [0.4, 0.5) is 0 Å². The summed E-state index contributed by atoms with van der Waals surface area (Å²) in [6, 6.07) is 4.06. The van der Waals surface area contributed by atoms with Crippen molar-refractivity contribution >= 4 is 33.2 Å². The average molecular weight is 302 g/mol. The Labute approximate surface area is 109 Å². The molecule has 0 bridgehead atoms. The van der Waals surface area contributed by atoms with Gasteiger partial charge < -0.3 is 5.32 Å². The summed E-state index contributed by atoms with van der Waals surface area (Å²) >= 11 is 5.09. The quantitative estimate of drug-likeness (QED) is 0.906. The minimum atomic E-state index is -0.117. The van der Waals surface area contributed by atoms with Crippen LogP contribution in [0.3, 0.4) is 0 Å². The first-order valence-corrected chi connectivity index (χ1v) is 7.24. The number of carbonyl (C=O) groups excluding carboxylic acids is 1. The third-order valence-electron chi connectivity index (χ3n) is 3.31. The Balaban J connectivity index is 1.88. The van der Waals surface area contributed by atoms with Gasteiger partial charge in [-0.25, -0.2) is 0 Å². The number of carbonyl (C=O) groups is 1. The number of rotatable bonds is 3. The van der Waals surface area contributed by atoms with Crippen molar-refractivity contribution in [2.24, 2.45) is 5.41 Å². The fraction of sp³-hybridized carbons (Fsp3) is 0.583. The number of hydrogen-bond acceptors (Lipinski definition) is 2. The summed E-state index contributed by atoms with van der Waals surface area (Å²) < 4.78 is 1.11. The van der Waals surface area contributed by atoms with E-state index >= 15 is 0 Å². The SMILES string of the molecule is CC1(C(=O)NCc2ccc(Br)s2)CCCC1. The van der Waals surface area contributed by atoms with Crippen LogP contribution in [0.25, 0.3) is 0 Å². The summed E-state index contributed by atoms with van der Waals surface area (Å²) in [5.41, 5.74) is -0.117. The molecule has 1 aliphatic carbocycles. The predicted molar refractivity (Wildman–Crippen MR) is 70.4 cm³/mol.